The van der Waals surface area contributed by atoms with Gasteiger partial charge in [-0.1, -0.05) is 39.5 Å². The summed E-state index contributed by atoms with van der Waals surface area (Å²) in [5.74, 6) is 2.27. The fraction of sp³-hybridized carbons (Fsp3) is 1.00. The van der Waals surface area contributed by atoms with Crippen molar-refractivity contribution < 1.29 is 0 Å². The standard InChI is InChI=1S/C9H18/c1-3-5-8-7-9(8)6-4-2/h8-9H,3-7H2,1-2H3/t8-,9-/m0/s1. The van der Waals surface area contributed by atoms with E-state index in [1.807, 2.05) is 0 Å². The lowest BCUT2D eigenvalue weighted by Crippen LogP contribution is -1.80. The Morgan fingerprint density at radius 3 is 1.78 bits per heavy atom. The third-order valence-corrected chi connectivity index (χ3v) is 2.39. The maximum atomic E-state index is 2.29. The lowest BCUT2D eigenvalue weighted by atomic mass is 10.1. The van der Waals surface area contributed by atoms with Crippen LogP contribution in [0.15, 0.2) is 0 Å². The molecule has 0 saturated heterocycles. The third kappa shape index (κ3) is 2.00. The van der Waals surface area contributed by atoms with Crippen molar-refractivity contribution in [2.24, 2.45) is 11.8 Å². The van der Waals surface area contributed by atoms with E-state index in [0.29, 0.717) is 0 Å². The van der Waals surface area contributed by atoms with Crippen LogP contribution < -0.4 is 0 Å². The maximum absolute atomic E-state index is 2.29. The molecule has 1 rings (SSSR count). The molecule has 9 heavy (non-hydrogen) atoms. The highest BCUT2D eigenvalue weighted by Gasteiger charge is 2.34. The summed E-state index contributed by atoms with van der Waals surface area (Å²) in [6.07, 6.45) is 7.31. The van der Waals surface area contributed by atoms with Gasteiger partial charge >= 0.3 is 0 Å². The molecule has 1 fully saturated rings. The SMILES string of the molecule is CCC[C@H]1C[C@@H]1CCC. The molecular weight excluding hydrogens is 108 g/mol. The van der Waals surface area contributed by atoms with Gasteiger partial charge in [-0.05, 0) is 18.3 Å². The molecule has 1 aliphatic rings. The molecule has 0 aromatic carbocycles. The van der Waals surface area contributed by atoms with Crippen LogP contribution in [-0.2, 0) is 0 Å². The Bertz CT molecular complexity index is 66.1. The highest BCUT2D eigenvalue weighted by Crippen LogP contribution is 2.44. The summed E-state index contributed by atoms with van der Waals surface area (Å²) in [6, 6.07) is 0. The minimum atomic E-state index is 1.13. The Balaban J connectivity index is 1.96. The molecule has 0 N–H and O–H groups in total. The van der Waals surface area contributed by atoms with Crippen LogP contribution in [0.2, 0.25) is 0 Å². The zero-order valence-corrected chi connectivity index (χ0v) is 6.69. The molecule has 0 aliphatic heterocycles. The second-order valence-corrected chi connectivity index (χ2v) is 3.33. The average molecular weight is 126 g/mol. The van der Waals surface area contributed by atoms with Crippen LogP contribution >= 0.6 is 0 Å². The van der Waals surface area contributed by atoms with E-state index in [2.05, 4.69) is 13.8 Å². The quantitative estimate of drug-likeness (QED) is 0.542. The van der Waals surface area contributed by atoms with E-state index in [0.717, 1.165) is 11.8 Å². The Morgan fingerprint density at radius 2 is 1.44 bits per heavy atom. The molecule has 0 heteroatoms. The highest BCUT2D eigenvalue weighted by atomic mass is 14.4. The van der Waals surface area contributed by atoms with E-state index in [1.165, 1.54) is 25.7 Å². The van der Waals surface area contributed by atoms with E-state index in [9.17, 15) is 0 Å². The molecule has 0 aromatic heterocycles. The van der Waals surface area contributed by atoms with Gasteiger partial charge in [0.2, 0.25) is 0 Å². The van der Waals surface area contributed by atoms with Gasteiger partial charge in [0.15, 0.2) is 0 Å². The van der Waals surface area contributed by atoms with Crippen molar-refractivity contribution in [1.29, 1.82) is 0 Å². The first-order valence-corrected chi connectivity index (χ1v) is 4.38. The van der Waals surface area contributed by atoms with E-state index in [-0.39, 0.29) is 0 Å². The van der Waals surface area contributed by atoms with Crippen molar-refractivity contribution in [2.45, 2.75) is 46.0 Å². The molecule has 0 amide bonds. The van der Waals surface area contributed by atoms with Crippen molar-refractivity contribution in [3.63, 3.8) is 0 Å². The maximum Gasteiger partial charge on any atom is -0.0383 e. The molecule has 0 spiro atoms. The lowest BCUT2D eigenvalue weighted by Gasteiger charge is -1.93. The smallest absolute Gasteiger partial charge is 0.0383 e. The largest absolute Gasteiger partial charge is 0.0654 e. The van der Waals surface area contributed by atoms with Gasteiger partial charge in [0.1, 0.15) is 0 Å². The van der Waals surface area contributed by atoms with Crippen LogP contribution in [-0.4, -0.2) is 0 Å². The van der Waals surface area contributed by atoms with Gasteiger partial charge in [-0.2, -0.15) is 0 Å². The van der Waals surface area contributed by atoms with Gasteiger partial charge in [-0.15, -0.1) is 0 Å². The zero-order chi connectivity index (χ0) is 6.69. The molecule has 0 unspecified atom stereocenters. The van der Waals surface area contributed by atoms with Gasteiger partial charge in [-0.25, -0.2) is 0 Å². The second kappa shape index (κ2) is 3.24. The van der Waals surface area contributed by atoms with Gasteiger partial charge in [0.05, 0.1) is 0 Å². The monoisotopic (exact) mass is 126 g/mol. The molecule has 1 saturated carbocycles. The average Bonchev–Trinajstić information content (AvgIpc) is 2.50. The predicted octanol–water partition coefficient (Wildman–Crippen LogP) is 3.22. The normalized spacial score (nSPS) is 32.7. The summed E-state index contributed by atoms with van der Waals surface area (Å²) in [5, 5.41) is 0. The Morgan fingerprint density at radius 1 is 1.00 bits per heavy atom. The Kier molecular flexibility index (Phi) is 2.56. The van der Waals surface area contributed by atoms with Gasteiger partial charge in [-0.3, -0.25) is 0 Å². The molecule has 2 atom stereocenters. The molecule has 0 aromatic rings. The van der Waals surface area contributed by atoms with Crippen LogP contribution in [0.1, 0.15) is 46.0 Å². The zero-order valence-electron chi connectivity index (χ0n) is 6.69. The first-order chi connectivity index (χ1) is 4.38. The summed E-state index contributed by atoms with van der Waals surface area (Å²) >= 11 is 0. The fourth-order valence-electron chi connectivity index (χ4n) is 1.76. The van der Waals surface area contributed by atoms with E-state index >= 15 is 0 Å². The van der Waals surface area contributed by atoms with Gasteiger partial charge in [0, 0.05) is 0 Å². The molecule has 0 nitrogen and oxygen atoms in total. The Hall–Kier alpha value is 0. The molecule has 0 heterocycles. The van der Waals surface area contributed by atoms with Crippen LogP contribution in [0.4, 0.5) is 0 Å². The van der Waals surface area contributed by atoms with E-state index < -0.39 is 0 Å². The van der Waals surface area contributed by atoms with Gasteiger partial charge < -0.3 is 0 Å². The number of rotatable bonds is 4. The molecule has 0 radical (unpaired) electrons. The second-order valence-electron chi connectivity index (χ2n) is 3.33. The summed E-state index contributed by atoms with van der Waals surface area (Å²) in [7, 11) is 0. The van der Waals surface area contributed by atoms with Crippen LogP contribution in [0.3, 0.4) is 0 Å². The summed E-state index contributed by atoms with van der Waals surface area (Å²) < 4.78 is 0. The fourth-order valence-corrected chi connectivity index (χ4v) is 1.76. The molecular formula is C9H18. The highest BCUT2D eigenvalue weighted by molar-refractivity contribution is 4.84. The first-order valence-electron chi connectivity index (χ1n) is 4.38. The van der Waals surface area contributed by atoms with Crippen molar-refractivity contribution >= 4 is 0 Å². The van der Waals surface area contributed by atoms with Gasteiger partial charge in [0.25, 0.3) is 0 Å². The summed E-state index contributed by atoms with van der Waals surface area (Å²) in [6.45, 7) is 4.59. The number of hydrogen-bond acceptors (Lipinski definition) is 0. The van der Waals surface area contributed by atoms with Crippen LogP contribution in [0.5, 0.6) is 0 Å². The van der Waals surface area contributed by atoms with Crippen molar-refractivity contribution in [3.8, 4) is 0 Å². The topological polar surface area (TPSA) is 0 Å². The third-order valence-electron chi connectivity index (χ3n) is 2.39. The van der Waals surface area contributed by atoms with Crippen molar-refractivity contribution in [2.75, 3.05) is 0 Å². The summed E-state index contributed by atoms with van der Waals surface area (Å²) in [5.41, 5.74) is 0. The van der Waals surface area contributed by atoms with Crippen LogP contribution in [0, 0.1) is 11.8 Å². The first kappa shape index (κ1) is 7.11. The molecule has 0 bridgehead atoms. The summed E-state index contributed by atoms with van der Waals surface area (Å²) in [4.78, 5) is 0. The minimum Gasteiger partial charge on any atom is -0.0654 e. The minimum absolute atomic E-state index is 1.13. The Labute approximate surface area is 58.7 Å². The molecule has 1 aliphatic carbocycles. The number of hydrogen-bond donors (Lipinski definition) is 0. The lowest BCUT2D eigenvalue weighted by molar-refractivity contribution is 0.593. The van der Waals surface area contributed by atoms with Crippen molar-refractivity contribution in [1.82, 2.24) is 0 Å². The van der Waals surface area contributed by atoms with E-state index in [4.69, 9.17) is 0 Å². The van der Waals surface area contributed by atoms with Crippen LogP contribution in [0.25, 0.3) is 0 Å². The molecule has 54 valence electrons. The van der Waals surface area contributed by atoms with E-state index in [1.54, 1.807) is 6.42 Å². The van der Waals surface area contributed by atoms with Crippen molar-refractivity contribution in [3.05, 3.63) is 0 Å². The predicted molar refractivity (Wildman–Crippen MR) is 41.4 cm³/mol.